The van der Waals surface area contributed by atoms with Gasteiger partial charge in [0.15, 0.2) is 6.29 Å². The summed E-state index contributed by atoms with van der Waals surface area (Å²) < 4.78 is 4.95. The molecule has 0 aromatic rings. The van der Waals surface area contributed by atoms with E-state index in [1.165, 1.54) is 0 Å². The molecule has 5 N–H and O–H groups in total. The zero-order valence-electron chi connectivity index (χ0n) is 8.50. The summed E-state index contributed by atoms with van der Waals surface area (Å²) in [6, 6.07) is 0. The van der Waals surface area contributed by atoms with Crippen LogP contribution in [0.25, 0.3) is 0 Å². The van der Waals surface area contributed by atoms with Crippen LogP contribution in [0.1, 0.15) is 12.8 Å². The second kappa shape index (κ2) is 8.57. The molecule has 7 nitrogen and oxygen atoms in total. The zero-order chi connectivity index (χ0) is 11.7. The molecule has 1 amide bonds. The van der Waals surface area contributed by atoms with Crippen LogP contribution in [0.5, 0.6) is 0 Å². The maximum absolute atomic E-state index is 11.1. The van der Waals surface area contributed by atoms with Crippen LogP contribution in [0.2, 0.25) is 0 Å². The van der Waals surface area contributed by atoms with Crippen LogP contribution < -0.4 is 5.73 Å². The Labute approximate surface area is 88.0 Å². The lowest BCUT2D eigenvalue weighted by Gasteiger charge is -2.15. The zero-order valence-corrected chi connectivity index (χ0v) is 8.50. The van der Waals surface area contributed by atoms with Crippen molar-refractivity contribution in [1.29, 1.82) is 0 Å². The third-order valence-electron chi connectivity index (χ3n) is 1.61. The Bertz CT molecular complexity index is 176. The molecule has 15 heavy (non-hydrogen) atoms. The highest BCUT2D eigenvalue weighted by Gasteiger charge is 2.11. The molecule has 0 fully saturated rings. The number of hydrogen-bond acceptors (Lipinski definition) is 6. The molecule has 0 spiro atoms. The molecule has 0 atom stereocenters. The lowest BCUT2D eigenvalue weighted by molar-refractivity contribution is -0.169. The van der Waals surface area contributed by atoms with E-state index >= 15 is 0 Å². The summed E-state index contributed by atoms with van der Waals surface area (Å²) >= 11 is 0. The number of aliphatic hydroxyl groups excluding tert-OH is 1. The number of ether oxygens (including phenoxy) is 1. The first-order chi connectivity index (χ1) is 7.07. The highest BCUT2D eigenvalue weighted by atomic mass is 16.5. The molecule has 0 saturated carbocycles. The molecule has 0 aromatic heterocycles. The van der Waals surface area contributed by atoms with Crippen LogP contribution >= 0.6 is 0 Å². The van der Waals surface area contributed by atoms with Gasteiger partial charge in [-0.25, -0.2) is 5.06 Å². The van der Waals surface area contributed by atoms with Crippen molar-refractivity contribution in [3.05, 3.63) is 0 Å². The number of rotatable bonds is 8. The van der Waals surface area contributed by atoms with Crippen molar-refractivity contribution >= 4 is 5.91 Å². The lowest BCUT2D eigenvalue weighted by Crippen LogP contribution is -2.31. The summed E-state index contributed by atoms with van der Waals surface area (Å²) in [6.07, 6.45) is -1.75. The van der Waals surface area contributed by atoms with E-state index in [1.54, 1.807) is 0 Å². The first-order valence-corrected chi connectivity index (χ1v) is 4.71. The molecule has 0 aliphatic rings. The molecule has 7 heteroatoms. The van der Waals surface area contributed by atoms with Crippen molar-refractivity contribution in [1.82, 2.24) is 5.06 Å². The van der Waals surface area contributed by atoms with Gasteiger partial charge in [-0.15, -0.1) is 0 Å². The van der Waals surface area contributed by atoms with Crippen molar-refractivity contribution in [3.63, 3.8) is 0 Å². The number of aliphatic hydroxyl groups is 2. The minimum atomic E-state index is -1.53. The van der Waals surface area contributed by atoms with Gasteiger partial charge in [-0.3, -0.25) is 10.0 Å². The molecule has 0 saturated heterocycles. The van der Waals surface area contributed by atoms with Gasteiger partial charge in [0, 0.05) is 19.4 Å². The Morgan fingerprint density at radius 2 is 2.07 bits per heavy atom. The van der Waals surface area contributed by atoms with Crippen molar-refractivity contribution in [2.75, 3.05) is 26.3 Å². The largest absolute Gasteiger partial charge is 0.378 e. The summed E-state index contributed by atoms with van der Waals surface area (Å²) in [7, 11) is 0. The van der Waals surface area contributed by atoms with Gasteiger partial charge in [0.1, 0.15) is 0 Å². The summed E-state index contributed by atoms with van der Waals surface area (Å²) in [5.41, 5.74) is 5.16. The first-order valence-electron chi connectivity index (χ1n) is 4.71. The summed E-state index contributed by atoms with van der Waals surface area (Å²) in [5.74, 6) is -0.570. The molecule has 0 radical (unpaired) electrons. The average molecular weight is 222 g/mol. The fourth-order valence-corrected chi connectivity index (χ4v) is 0.843. The average Bonchev–Trinajstić information content (AvgIpc) is 2.20. The van der Waals surface area contributed by atoms with Crippen LogP contribution in [0, 0.1) is 0 Å². The van der Waals surface area contributed by atoms with Crippen LogP contribution in [-0.4, -0.2) is 59.0 Å². The van der Waals surface area contributed by atoms with E-state index in [-0.39, 0.29) is 26.0 Å². The fraction of sp³-hybridized carbons (Fsp3) is 0.875. The third-order valence-corrected chi connectivity index (χ3v) is 1.61. The van der Waals surface area contributed by atoms with Crippen molar-refractivity contribution in [2.45, 2.75) is 19.1 Å². The second-order valence-corrected chi connectivity index (χ2v) is 2.94. The van der Waals surface area contributed by atoms with E-state index in [9.17, 15) is 4.79 Å². The molecule has 90 valence electrons. The molecule has 0 heterocycles. The van der Waals surface area contributed by atoms with Crippen LogP contribution in [0.4, 0.5) is 0 Å². The standard InChI is InChI=1S/C8H18N2O5/c9-3-5-15-6-4-10(14)7(11)1-2-8(12)13/h8,12-14H,1-6,9H2. The maximum Gasteiger partial charge on any atom is 0.246 e. The maximum atomic E-state index is 11.1. The third kappa shape index (κ3) is 8.28. The van der Waals surface area contributed by atoms with Crippen LogP contribution in [0.15, 0.2) is 0 Å². The number of nitrogens with zero attached hydrogens (tertiary/aromatic N) is 1. The Morgan fingerprint density at radius 3 is 2.60 bits per heavy atom. The van der Waals surface area contributed by atoms with E-state index in [1.807, 2.05) is 0 Å². The van der Waals surface area contributed by atoms with E-state index in [0.717, 1.165) is 0 Å². The highest BCUT2D eigenvalue weighted by Crippen LogP contribution is 1.97. The van der Waals surface area contributed by atoms with Gasteiger partial charge in [0.2, 0.25) is 5.91 Å². The summed E-state index contributed by atoms with van der Waals surface area (Å²) in [5, 5.41) is 26.6. The molecule has 0 bridgehead atoms. The number of amides is 1. The van der Waals surface area contributed by atoms with Gasteiger partial charge in [-0.1, -0.05) is 0 Å². The molecule has 0 rings (SSSR count). The number of nitrogens with two attached hydrogens (primary N) is 1. The molecule has 0 aromatic carbocycles. The predicted molar refractivity (Wildman–Crippen MR) is 50.8 cm³/mol. The minimum absolute atomic E-state index is 0.0420. The smallest absolute Gasteiger partial charge is 0.246 e. The van der Waals surface area contributed by atoms with E-state index in [2.05, 4.69) is 0 Å². The fourth-order valence-electron chi connectivity index (χ4n) is 0.843. The number of carbonyl (C=O) groups is 1. The normalized spacial score (nSPS) is 10.7. The first kappa shape index (κ1) is 14.3. The Kier molecular flexibility index (Phi) is 8.15. The Hall–Kier alpha value is -0.730. The van der Waals surface area contributed by atoms with Gasteiger partial charge >= 0.3 is 0 Å². The van der Waals surface area contributed by atoms with E-state index < -0.39 is 12.2 Å². The molecule has 0 aliphatic carbocycles. The second-order valence-electron chi connectivity index (χ2n) is 2.94. The molecule has 0 unspecified atom stereocenters. The van der Waals surface area contributed by atoms with Crippen LogP contribution in [0.3, 0.4) is 0 Å². The van der Waals surface area contributed by atoms with E-state index in [4.69, 9.17) is 25.9 Å². The molecular formula is C8H18N2O5. The quantitative estimate of drug-likeness (QED) is 0.168. The van der Waals surface area contributed by atoms with Crippen LogP contribution in [-0.2, 0) is 9.53 Å². The molecular weight excluding hydrogens is 204 g/mol. The number of hydrogen-bond donors (Lipinski definition) is 4. The Balaban J connectivity index is 3.51. The predicted octanol–water partition coefficient (Wildman–Crippen LogP) is -1.73. The van der Waals surface area contributed by atoms with Crippen molar-refractivity contribution in [2.24, 2.45) is 5.73 Å². The highest BCUT2D eigenvalue weighted by molar-refractivity contribution is 5.74. The summed E-state index contributed by atoms with van der Waals surface area (Å²) in [6.45, 7) is 0.995. The van der Waals surface area contributed by atoms with Crippen molar-refractivity contribution in [3.8, 4) is 0 Å². The van der Waals surface area contributed by atoms with Gasteiger partial charge in [-0.2, -0.15) is 0 Å². The number of hydroxylamine groups is 2. The van der Waals surface area contributed by atoms with Gasteiger partial charge < -0.3 is 20.7 Å². The monoisotopic (exact) mass is 222 g/mol. The Morgan fingerprint density at radius 1 is 1.40 bits per heavy atom. The topological polar surface area (TPSA) is 116 Å². The van der Waals surface area contributed by atoms with Crippen molar-refractivity contribution < 1.29 is 25.0 Å². The van der Waals surface area contributed by atoms with E-state index in [0.29, 0.717) is 18.2 Å². The minimum Gasteiger partial charge on any atom is -0.378 e. The van der Waals surface area contributed by atoms with Gasteiger partial charge in [-0.05, 0) is 0 Å². The SMILES string of the molecule is NCCOCCN(O)C(=O)CCC(O)O. The summed E-state index contributed by atoms with van der Waals surface area (Å²) in [4.78, 5) is 11.1. The lowest BCUT2D eigenvalue weighted by atomic mass is 10.3. The molecule has 0 aliphatic heterocycles. The number of carbonyl (C=O) groups excluding carboxylic acids is 1. The van der Waals surface area contributed by atoms with Gasteiger partial charge in [0.05, 0.1) is 19.8 Å². The van der Waals surface area contributed by atoms with Gasteiger partial charge in [0.25, 0.3) is 0 Å².